The number of hydrogen-bond acceptors (Lipinski definition) is 25. The van der Waals surface area contributed by atoms with Crippen molar-refractivity contribution in [1.29, 1.82) is 0 Å². The van der Waals surface area contributed by atoms with E-state index in [1.54, 1.807) is 34.9 Å². The molecule has 2 aromatic carbocycles. The fraction of sp³-hybridized carbons (Fsp3) is 0.542. The molecule has 1 saturated heterocycles. The number of fused-ring (bicyclic) bond motifs is 1. The highest BCUT2D eigenvalue weighted by Crippen LogP contribution is 2.27. The zero-order valence-corrected chi connectivity index (χ0v) is 58.8. The van der Waals surface area contributed by atoms with Crippen molar-refractivity contribution < 1.29 is 120 Å². The summed E-state index contributed by atoms with van der Waals surface area (Å²) in [5, 5.41) is 54.4. The lowest BCUT2D eigenvalue weighted by Crippen LogP contribution is -2.60. The van der Waals surface area contributed by atoms with Gasteiger partial charge in [-0.25, -0.2) is 13.4 Å². The molecule has 43 heteroatoms. The van der Waals surface area contributed by atoms with Crippen LogP contribution < -0.4 is 46.7 Å². The van der Waals surface area contributed by atoms with Gasteiger partial charge in [-0.15, -0.1) is 0 Å². The summed E-state index contributed by atoms with van der Waals surface area (Å²) in [6, 6.07) is 4.38. The molecule has 1 fully saturated rings. The van der Waals surface area contributed by atoms with Crippen LogP contribution in [0.25, 0.3) is 0 Å². The first kappa shape index (κ1) is 84.0. The number of carboxylic acids is 4. The second kappa shape index (κ2) is 39.1. The predicted molar refractivity (Wildman–Crippen MR) is 359 cm³/mol. The summed E-state index contributed by atoms with van der Waals surface area (Å²) in [6.45, 7) is -0.658. The van der Waals surface area contributed by atoms with Gasteiger partial charge in [0.05, 0.1) is 37.7 Å². The van der Waals surface area contributed by atoms with Crippen molar-refractivity contribution in [3.05, 3.63) is 82.0 Å². The molecule has 1 aromatic heterocycles. The Bertz CT molecular complexity index is 3930. The Hall–Kier alpha value is -8.63. The molecule has 0 bridgehead atoms. The van der Waals surface area contributed by atoms with Crippen LogP contribution in [0.15, 0.2) is 53.4 Å². The molecule has 1 unspecified atom stereocenters. The molecular weight excluding hydrogens is 1430 g/mol. The molecule has 0 radical (unpaired) electrons. The van der Waals surface area contributed by atoms with Crippen LogP contribution in [-0.2, 0) is 103 Å². The first-order valence-corrected chi connectivity index (χ1v) is 38.0. The lowest BCUT2D eigenvalue weighted by atomic mass is 10.0. The van der Waals surface area contributed by atoms with Crippen LogP contribution in [-0.4, -0.2) is 304 Å². The molecule has 3 heterocycles. The number of nitrogens with one attached hydrogen (secondary N) is 8. The van der Waals surface area contributed by atoms with Crippen LogP contribution in [0.2, 0.25) is 0 Å². The zero-order valence-electron chi connectivity index (χ0n) is 55.6. The van der Waals surface area contributed by atoms with Crippen molar-refractivity contribution in [2.75, 3.05) is 134 Å². The highest BCUT2D eigenvalue weighted by atomic mass is 32.2. The largest absolute Gasteiger partial charge is 0.494 e. The minimum Gasteiger partial charge on any atom is -0.494 e. The van der Waals surface area contributed by atoms with E-state index in [0.29, 0.717) is 12.8 Å². The number of carboxylic acid groups (broad SMARTS) is 4. The predicted octanol–water partition coefficient (Wildman–Crippen LogP) is -5.01. The van der Waals surface area contributed by atoms with Gasteiger partial charge in [0.1, 0.15) is 53.0 Å². The molecule has 102 heavy (non-hydrogen) atoms. The monoisotopic (exact) mass is 1520 g/mol. The van der Waals surface area contributed by atoms with E-state index in [1.165, 1.54) is 51.1 Å². The number of nitrogens with zero attached hydrogens (tertiary/aromatic N) is 5. The SMILES string of the molecule is Cc1cc(OCCCC(=O)NCCNC(=O)[C@H](CS(=O)(=O)O)NC(=O)[C@H](CS(=O)(=O)O)NC(=O)C(CS(=O)(=O)O)NC(=O)CN2CCN(CC(=O)O)CCN(CC(=O)O)CCN(CC(=O)O)CC2)cc(C)c1S(=O)(=O)N[C@@H](CNC(=O)c1ccc(CCc2ccc3c(n2)NCCC3)cc1)C(=O)O. The van der Waals surface area contributed by atoms with E-state index < -0.39 is 180 Å². The molecule has 0 aliphatic carbocycles. The molecule has 0 spiro atoms. The van der Waals surface area contributed by atoms with Crippen molar-refractivity contribution in [2.24, 2.45) is 0 Å². The van der Waals surface area contributed by atoms with Crippen molar-refractivity contribution in [2.45, 2.75) is 81.4 Å². The Kier molecular flexibility index (Phi) is 32.2. The second-order valence-corrected chi connectivity index (χ2v) is 30.2. The van der Waals surface area contributed by atoms with E-state index in [0.717, 1.165) is 36.5 Å². The van der Waals surface area contributed by atoms with E-state index >= 15 is 0 Å². The van der Waals surface area contributed by atoms with E-state index in [1.807, 2.05) is 11.4 Å². The molecule has 39 nitrogen and oxygen atoms in total. The van der Waals surface area contributed by atoms with Gasteiger partial charge in [0.15, 0.2) is 0 Å². The Balaban J connectivity index is 1.11. The summed E-state index contributed by atoms with van der Waals surface area (Å²) in [5.41, 5.74) is 3.54. The summed E-state index contributed by atoms with van der Waals surface area (Å²) in [7, 11) is -20.4. The van der Waals surface area contributed by atoms with Gasteiger partial charge in [0.2, 0.25) is 39.6 Å². The number of benzene rings is 2. The number of carbonyl (C=O) groups excluding carboxylic acids is 6. The summed E-state index contributed by atoms with van der Waals surface area (Å²) in [5.74, 6) is -16.7. The lowest BCUT2D eigenvalue weighted by Gasteiger charge is -2.33. The van der Waals surface area contributed by atoms with Crippen LogP contribution in [0.5, 0.6) is 5.75 Å². The number of aromatic nitrogens is 1. The Morgan fingerprint density at radius 1 is 0.559 bits per heavy atom. The van der Waals surface area contributed by atoms with Crippen LogP contribution in [0.1, 0.15) is 57.6 Å². The van der Waals surface area contributed by atoms with Crippen molar-refractivity contribution in [1.82, 2.24) is 61.2 Å². The standard InChI is InChI=1S/C59H85N13O26S4/c1-37-27-43(28-38(2)53(37)102(96,97)68-44(59(85)86)29-63-55(81)41-10-7-39(8-11-41)9-13-42-14-12-40-5-3-15-61-54(40)64-42)98-26-4-6-48(73)60-16-17-62-56(82)45(34-99(87,88)89)66-58(84)47(36-101(93,94)95)67-57(83)46(35-100(90,91)92)65-49(74)30-69-18-20-70(31-50(75)76)22-24-72(33-52(79)80)25-23-71(21-19-69)32-51(77)78/h7-8,10-12,14,27-28,44-47,68H,3-6,9,13,15-26,29-36H2,1-2H3,(H,60,73)(H,61,64)(H,62,82)(H,63,81)(H,65,74)(H,66,84)(H,67,83)(H,75,76)(H,77,78)(H,79,80)(H,85,86)(H,87,88,89)(H,90,91,92)(H,93,94,95)/t44-,45-,46?,47-/m0/s1. The molecule has 15 N–H and O–H groups in total. The number of pyridine rings is 1. The first-order valence-electron chi connectivity index (χ1n) is 31.6. The zero-order chi connectivity index (χ0) is 75.7. The molecule has 6 amide bonds. The third-order valence-corrected chi connectivity index (χ3v) is 19.6. The summed E-state index contributed by atoms with van der Waals surface area (Å²) >= 11 is 0. The average Bonchev–Trinajstić information content (AvgIpc) is 0.790. The molecule has 3 aromatic rings. The molecule has 2 aliphatic rings. The Morgan fingerprint density at radius 2 is 1.03 bits per heavy atom. The number of aryl methyl sites for hydroxylation is 5. The van der Waals surface area contributed by atoms with E-state index in [9.17, 15) is 116 Å². The summed E-state index contributed by atoms with van der Waals surface area (Å²) in [4.78, 5) is 137. The third kappa shape index (κ3) is 30.9. The number of ether oxygens (including phenoxy) is 1. The van der Waals surface area contributed by atoms with Gasteiger partial charge in [0.25, 0.3) is 36.3 Å². The van der Waals surface area contributed by atoms with Gasteiger partial charge in [-0.05, 0) is 98.5 Å². The maximum atomic E-state index is 13.7. The highest BCUT2D eigenvalue weighted by Gasteiger charge is 2.36. The van der Waals surface area contributed by atoms with Gasteiger partial charge >= 0.3 is 23.9 Å². The lowest BCUT2D eigenvalue weighted by molar-refractivity contribution is -0.140. The highest BCUT2D eigenvalue weighted by molar-refractivity contribution is 7.89. The fourth-order valence-electron chi connectivity index (χ4n) is 10.7. The van der Waals surface area contributed by atoms with Gasteiger partial charge < -0.3 is 62.4 Å². The molecule has 2 aliphatic heterocycles. The van der Waals surface area contributed by atoms with Crippen LogP contribution >= 0.6 is 0 Å². The number of sulfonamides is 1. The van der Waals surface area contributed by atoms with E-state index in [2.05, 4.69) is 32.1 Å². The van der Waals surface area contributed by atoms with Crippen molar-refractivity contribution in [3.8, 4) is 5.75 Å². The van der Waals surface area contributed by atoms with Crippen molar-refractivity contribution in [3.63, 3.8) is 0 Å². The second-order valence-electron chi connectivity index (χ2n) is 24.0. The van der Waals surface area contributed by atoms with Crippen LogP contribution in [0, 0.1) is 13.8 Å². The quantitative estimate of drug-likeness (QED) is 0.0189. The number of amides is 6. The number of hydrogen-bond donors (Lipinski definition) is 15. The van der Waals surface area contributed by atoms with Crippen LogP contribution in [0.3, 0.4) is 0 Å². The topological polar surface area (TPSA) is 580 Å². The van der Waals surface area contributed by atoms with Crippen molar-refractivity contribution >= 4 is 106 Å². The smallest absolute Gasteiger partial charge is 0.323 e. The van der Waals surface area contributed by atoms with Gasteiger partial charge in [-0.2, -0.15) is 30.0 Å². The normalized spacial score (nSPS) is 15.9. The number of anilines is 1. The van der Waals surface area contributed by atoms with Gasteiger partial charge in [0, 0.05) is 96.2 Å². The summed E-state index contributed by atoms with van der Waals surface area (Å²) < 4.78 is 137. The van der Waals surface area contributed by atoms with E-state index in [-0.39, 0.29) is 106 Å². The number of rotatable bonds is 38. The average molecular weight is 1520 g/mol. The summed E-state index contributed by atoms with van der Waals surface area (Å²) in [6.07, 6.45) is 3.17. The molecule has 566 valence electrons. The van der Waals surface area contributed by atoms with E-state index in [4.69, 9.17) is 9.72 Å². The number of carbonyl (C=O) groups is 10. The Morgan fingerprint density at radius 3 is 1.51 bits per heavy atom. The minimum absolute atomic E-state index is 0.0140. The minimum atomic E-state index is -5.35. The third-order valence-electron chi connectivity index (χ3n) is 15.6. The first-order chi connectivity index (χ1) is 47.7. The maximum absolute atomic E-state index is 13.7. The van der Waals surface area contributed by atoms with Crippen LogP contribution in [0.4, 0.5) is 5.82 Å². The van der Waals surface area contributed by atoms with Gasteiger partial charge in [-0.3, -0.25) is 81.2 Å². The molecule has 5 rings (SSSR count). The molecular formula is C59H85N13O26S4. The van der Waals surface area contributed by atoms with Gasteiger partial charge in [-0.1, -0.05) is 18.2 Å². The molecule has 4 atom stereocenters. The fourth-order valence-corrected chi connectivity index (χ4v) is 14.3. The maximum Gasteiger partial charge on any atom is 0.323 e. The molecule has 0 saturated carbocycles. The number of aliphatic carboxylic acids is 4. The Labute approximate surface area is 587 Å².